The zero-order valence-corrected chi connectivity index (χ0v) is 11.4. The third-order valence-corrected chi connectivity index (χ3v) is 4.50. The van der Waals surface area contributed by atoms with Crippen molar-refractivity contribution in [3.8, 4) is 0 Å². The largest absolute Gasteiger partial charge is 0.347 e. The Hall–Kier alpha value is -2.06. The average Bonchev–Trinajstić information content (AvgIpc) is 2.88. The monoisotopic (exact) mass is 262 g/mol. The molecule has 1 heterocycles. The van der Waals surface area contributed by atoms with E-state index in [4.69, 9.17) is 5.73 Å². The van der Waals surface area contributed by atoms with Gasteiger partial charge in [-0.25, -0.2) is 0 Å². The Bertz CT molecular complexity index is 770. The predicted octanol–water partition coefficient (Wildman–Crippen LogP) is 3.44. The first-order chi connectivity index (χ1) is 9.86. The van der Waals surface area contributed by atoms with Crippen molar-refractivity contribution < 1.29 is 0 Å². The third-order valence-electron chi connectivity index (χ3n) is 4.50. The minimum absolute atomic E-state index is 0.605. The van der Waals surface area contributed by atoms with Crippen molar-refractivity contribution >= 4 is 10.9 Å². The third kappa shape index (κ3) is 1.69. The summed E-state index contributed by atoms with van der Waals surface area (Å²) in [4.78, 5) is 0. The Labute approximate surface area is 118 Å². The lowest BCUT2D eigenvalue weighted by atomic mass is 9.77. The number of nitrogens with two attached hydrogens (primary N) is 1. The molecule has 4 rings (SSSR count). The van der Waals surface area contributed by atoms with E-state index in [1.807, 2.05) is 0 Å². The van der Waals surface area contributed by atoms with Gasteiger partial charge in [0.15, 0.2) is 0 Å². The average molecular weight is 262 g/mol. The van der Waals surface area contributed by atoms with Gasteiger partial charge in [-0.3, -0.25) is 0 Å². The zero-order chi connectivity index (χ0) is 13.5. The first kappa shape index (κ1) is 11.7. The van der Waals surface area contributed by atoms with Crippen molar-refractivity contribution in [2.24, 2.45) is 5.73 Å². The smallest absolute Gasteiger partial charge is 0.0483 e. The molecule has 3 aromatic rings. The molecule has 2 heteroatoms. The van der Waals surface area contributed by atoms with Gasteiger partial charge in [-0.2, -0.15) is 0 Å². The molecule has 0 fully saturated rings. The van der Waals surface area contributed by atoms with Crippen LogP contribution in [-0.4, -0.2) is 4.57 Å². The molecular formula is C18H18N2. The number of nitrogens with zero attached hydrogens (tertiary/aromatic N) is 1. The van der Waals surface area contributed by atoms with Crippen LogP contribution in [0.15, 0.2) is 54.7 Å². The quantitative estimate of drug-likeness (QED) is 0.770. The van der Waals surface area contributed by atoms with E-state index in [0.717, 1.165) is 6.54 Å². The maximum Gasteiger partial charge on any atom is 0.0483 e. The molecule has 1 unspecified atom stereocenters. The van der Waals surface area contributed by atoms with Crippen LogP contribution in [0.3, 0.4) is 0 Å². The Kier molecular flexibility index (Phi) is 2.64. The summed E-state index contributed by atoms with van der Waals surface area (Å²) in [6, 6.07) is 17.4. The number of hydrogen-bond acceptors (Lipinski definition) is 1. The summed E-state index contributed by atoms with van der Waals surface area (Å²) in [5, 5.41) is 1.29. The fourth-order valence-electron chi connectivity index (χ4n) is 3.39. The van der Waals surface area contributed by atoms with E-state index in [2.05, 4.69) is 59.3 Å². The molecule has 0 amide bonds. The van der Waals surface area contributed by atoms with E-state index >= 15 is 0 Å². The molecule has 2 aromatic carbocycles. The molecule has 1 aliphatic rings. The summed E-state index contributed by atoms with van der Waals surface area (Å²) in [6.07, 6.45) is 3.40. The summed E-state index contributed by atoms with van der Waals surface area (Å²) in [6.45, 7) is 1.67. The van der Waals surface area contributed by atoms with Crippen LogP contribution in [0.5, 0.6) is 0 Å². The molecule has 0 aliphatic heterocycles. The molecule has 20 heavy (non-hydrogen) atoms. The van der Waals surface area contributed by atoms with E-state index < -0.39 is 0 Å². The summed E-state index contributed by atoms with van der Waals surface area (Å²) < 4.78 is 2.37. The highest BCUT2D eigenvalue weighted by Crippen LogP contribution is 2.36. The number of benzene rings is 2. The molecule has 1 atom stereocenters. The van der Waals surface area contributed by atoms with Gasteiger partial charge in [-0.1, -0.05) is 36.4 Å². The fourth-order valence-corrected chi connectivity index (χ4v) is 3.39. The van der Waals surface area contributed by atoms with Crippen molar-refractivity contribution in [3.63, 3.8) is 0 Å². The lowest BCUT2D eigenvalue weighted by Crippen LogP contribution is -2.21. The molecule has 2 N–H and O–H groups in total. The highest BCUT2D eigenvalue weighted by atomic mass is 15.0. The van der Waals surface area contributed by atoms with Crippen molar-refractivity contribution in [2.75, 3.05) is 0 Å². The molecule has 2 nitrogen and oxygen atoms in total. The molecule has 0 saturated carbocycles. The van der Waals surface area contributed by atoms with Gasteiger partial charge in [0.2, 0.25) is 0 Å². The van der Waals surface area contributed by atoms with Crippen molar-refractivity contribution in [1.82, 2.24) is 4.57 Å². The van der Waals surface area contributed by atoms with Gasteiger partial charge >= 0.3 is 0 Å². The lowest BCUT2D eigenvalue weighted by Gasteiger charge is -2.30. The van der Waals surface area contributed by atoms with Crippen molar-refractivity contribution in [3.05, 3.63) is 71.4 Å². The Morgan fingerprint density at radius 1 is 1.05 bits per heavy atom. The molecule has 0 radical (unpaired) electrons. The van der Waals surface area contributed by atoms with Crippen LogP contribution < -0.4 is 5.73 Å². The molecule has 0 bridgehead atoms. The van der Waals surface area contributed by atoms with Crippen LogP contribution in [0.1, 0.15) is 22.6 Å². The number of rotatable bonds is 3. The molecule has 1 aromatic heterocycles. The van der Waals surface area contributed by atoms with Crippen molar-refractivity contribution in [2.45, 2.75) is 25.4 Å². The van der Waals surface area contributed by atoms with Crippen LogP contribution in [0, 0.1) is 0 Å². The topological polar surface area (TPSA) is 30.9 Å². The first-order valence-electron chi connectivity index (χ1n) is 7.21. The second-order valence-electron chi connectivity index (χ2n) is 5.62. The summed E-state index contributed by atoms with van der Waals surface area (Å²) in [7, 11) is 0. The van der Waals surface area contributed by atoms with E-state index in [9.17, 15) is 0 Å². The van der Waals surface area contributed by atoms with Gasteiger partial charge in [-0.15, -0.1) is 0 Å². The van der Waals surface area contributed by atoms with Crippen LogP contribution in [0.2, 0.25) is 0 Å². The Morgan fingerprint density at radius 2 is 1.95 bits per heavy atom. The predicted molar refractivity (Wildman–Crippen MR) is 82.7 cm³/mol. The molecular weight excluding hydrogens is 244 g/mol. The normalized spacial score (nSPS) is 16.9. The SMILES string of the molecule is NCc1cccc2c1ccn2CC1Cc2ccccc21. The Balaban J connectivity index is 1.68. The maximum atomic E-state index is 5.82. The lowest BCUT2D eigenvalue weighted by molar-refractivity contribution is 0.518. The second kappa shape index (κ2) is 4.50. The highest BCUT2D eigenvalue weighted by Gasteiger charge is 2.25. The van der Waals surface area contributed by atoms with E-state index in [1.165, 1.54) is 34.0 Å². The van der Waals surface area contributed by atoms with Gasteiger partial charge in [0.05, 0.1) is 0 Å². The van der Waals surface area contributed by atoms with E-state index in [0.29, 0.717) is 12.5 Å². The minimum Gasteiger partial charge on any atom is -0.347 e. The van der Waals surface area contributed by atoms with Gasteiger partial charge in [0.25, 0.3) is 0 Å². The van der Waals surface area contributed by atoms with Crippen LogP contribution in [-0.2, 0) is 19.5 Å². The fraction of sp³-hybridized carbons (Fsp3) is 0.222. The number of fused-ring (bicyclic) bond motifs is 2. The summed E-state index contributed by atoms with van der Waals surface area (Å²) >= 11 is 0. The maximum absolute atomic E-state index is 5.82. The molecule has 0 saturated heterocycles. The zero-order valence-electron chi connectivity index (χ0n) is 11.4. The van der Waals surface area contributed by atoms with Gasteiger partial charge in [0.1, 0.15) is 0 Å². The first-order valence-corrected chi connectivity index (χ1v) is 7.21. The van der Waals surface area contributed by atoms with Crippen LogP contribution in [0.25, 0.3) is 10.9 Å². The van der Waals surface area contributed by atoms with E-state index in [-0.39, 0.29) is 0 Å². The van der Waals surface area contributed by atoms with Crippen LogP contribution in [0.4, 0.5) is 0 Å². The summed E-state index contributed by atoms with van der Waals surface area (Å²) in [5.41, 5.74) is 11.4. The number of hydrogen-bond donors (Lipinski definition) is 1. The van der Waals surface area contributed by atoms with Gasteiger partial charge < -0.3 is 10.3 Å². The minimum atomic E-state index is 0.605. The second-order valence-corrected chi connectivity index (χ2v) is 5.62. The molecule has 0 spiro atoms. The van der Waals surface area contributed by atoms with Gasteiger partial charge in [-0.05, 0) is 35.2 Å². The summed E-state index contributed by atoms with van der Waals surface area (Å²) in [5.74, 6) is 0.656. The Morgan fingerprint density at radius 3 is 2.80 bits per heavy atom. The molecule has 1 aliphatic carbocycles. The molecule has 100 valence electrons. The van der Waals surface area contributed by atoms with Gasteiger partial charge in [0, 0.05) is 36.1 Å². The van der Waals surface area contributed by atoms with E-state index in [1.54, 1.807) is 0 Å². The van der Waals surface area contributed by atoms with Crippen molar-refractivity contribution in [1.29, 1.82) is 0 Å². The highest BCUT2D eigenvalue weighted by molar-refractivity contribution is 5.83. The number of aromatic nitrogens is 1. The standard InChI is InChI=1S/C18H18N2/c19-11-14-5-3-7-18-17(14)8-9-20(18)12-15-10-13-4-1-2-6-16(13)15/h1-9,15H,10-12,19H2. The van der Waals surface area contributed by atoms with Crippen LogP contribution >= 0.6 is 0 Å².